The number of aromatic nitrogens is 2. The van der Waals surface area contributed by atoms with Crippen molar-refractivity contribution in [2.24, 2.45) is 0 Å². The maximum Gasteiger partial charge on any atom is 0.240 e. The molecule has 0 N–H and O–H groups in total. The number of rotatable bonds is 5. The molecule has 0 fully saturated rings. The van der Waals surface area contributed by atoms with Crippen molar-refractivity contribution in [3.63, 3.8) is 0 Å². The normalized spacial score (nSPS) is 12.1. The van der Waals surface area contributed by atoms with Gasteiger partial charge in [0.2, 0.25) is 5.91 Å². The third kappa shape index (κ3) is 3.54. The molecule has 19 heavy (non-hydrogen) atoms. The van der Waals surface area contributed by atoms with Crippen molar-refractivity contribution in [1.29, 1.82) is 0 Å². The van der Waals surface area contributed by atoms with Gasteiger partial charge in [-0.05, 0) is 26.0 Å². The third-order valence-electron chi connectivity index (χ3n) is 2.62. The molecule has 0 aliphatic rings. The minimum absolute atomic E-state index is 0.0916. The summed E-state index contributed by atoms with van der Waals surface area (Å²) in [5.41, 5.74) is 2.61. The van der Waals surface area contributed by atoms with Crippen LogP contribution in [-0.4, -0.2) is 27.9 Å². The summed E-state index contributed by atoms with van der Waals surface area (Å²) in [7, 11) is 0. The van der Waals surface area contributed by atoms with Gasteiger partial charge in [-0.3, -0.25) is 4.79 Å². The molecule has 6 heteroatoms. The number of carbonyl (C=O) groups is 1. The Morgan fingerprint density at radius 2 is 2.16 bits per heavy atom. The zero-order valence-corrected chi connectivity index (χ0v) is 12.4. The Kier molecular flexibility index (Phi) is 4.93. The Balaban J connectivity index is 2.08. The molecule has 4 nitrogen and oxygen atoms in total. The fraction of sp³-hybridized carbons (Fsp3) is 0.308. The molecular weight excluding hydrogens is 278 g/mol. The topological polar surface area (TPSA) is 46.1 Å². The van der Waals surface area contributed by atoms with E-state index in [1.54, 1.807) is 10.4 Å². The maximum atomic E-state index is 12.5. The van der Waals surface area contributed by atoms with Crippen molar-refractivity contribution in [3.8, 4) is 0 Å². The fourth-order valence-electron chi connectivity index (χ4n) is 1.71. The van der Waals surface area contributed by atoms with Crippen LogP contribution in [0.1, 0.15) is 13.8 Å². The number of para-hydroxylation sites is 1. The summed E-state index contributed by atoms with van der Waals surface area (Å²) in [6.45, 7) is 4.54. The maximum absolute atomic E-state index is 12.5. The molecule has 1 heterocycles. The molecule has 100 valence electrons. The van der Waals surface area contributed by atoms with Crippen LogP contribution in [0.2, 0.25) is 0 Å². The fourth-order valence-corrected chi connectivity index (χ4v) is 3.40. The van der Waals surface area contributed by atoms with Gasteiger partial charge in [-0.25, -0.2) is 0 Å². The van der Waals surface area contributed by atoms with Gasteiger partial charge in [-0.1, -0.05) is 41.3 Å². The number of hydrogen-bond acceptors (Lipinski definition) is 5. The first-order valence-electron chi connectivity index (χ1n) is 6.01. The van der Waals surface area contributed by atoms with Crippen LogP contribution >= 0.6 is 23.1 Å². The monoisotopic (exact) mass is 293 g/mol. The SMILES string of the molecule is CCN(C(=O)[C@H](C)Sc1nncs1)c1ccccc1. The third-order valence-corrected chi connectivity index (χ3v) is 4.51. The van der Waals surface area contributed by atoms with Crippen LogP contribution < -0.4 is 4.90 Å². The van der Waals surface area contributed by atoms with Crippen molar-refractivity contribution in [2.45, 2.75) is 23.4 Å². The lowest BCUT2D eigenvalue weighted by atomic mass is 10.2. The van der Waals surface area contributed by atoms with E-state index in [2.05, 4.69) is 10.2 Å². The Hall–Kier alpha value is -1.40. The molecule has 2 rings (SSSR count). The zero-order valence-electron chi connectivity index (χ0n) is 10.8. The number of nitrogens with zero attached hydrogens (tertiary/aromatic N) is 3. The van der Waals surface area contributed by atoms with Crippen LogP contribution in [0.3, 0.4) is 0 Å². The van der Waals surface area contributed by atoms with E-state index in [0.717, 1.165) is 10.0 Å². The van der Waals surface area contributed by atoms with Gasteiger partial charge in [0.05, 0.1) is 5.25 Å². The molecule has 0 spiro atoms. The second kappa shape index (κ2) is 6.68. The molecule has 0 aliphatic carbocycles. The molecular formula is C13H15N3OS2. The molecule has 0 saturated heterocycles. The summed E-state index contributed by atoms with van der Waals surface area (Å²) in [5.74, 6) is 0.0916. The first-order valence-corrected chi connectivity index (χ1v) is 7.77. The second-order valence-electron chi connectivity index (χ2n) is 3.88. The molecule has 1 aromatic carbocycles. The molecule has 2 aromatic rings. The highest BCUT2D eigenvalue weighted by Crippen LogP contribution is 2.26. The van der Waals surface area contributed by atoms with Gasteiger partial charge in [0.1, 0.15) is 5.51 Å². The molecule has 1 aromatic heterocycles. The van der Waals surface area contributed by atoms with Crippen molar-refractivity contribution >= 4 is 34.7 Å². The van der Waals surface area contributed by atoms with Gasteiger partial charge in [-0.15, -0.1) is 10.2 Å². The van der Waals surface area contributed by atoms with Gasteiger partial charge >= 0.3 is 0 Å². The Labute approximate surface area is 120 Å². The van der Waals surface area contributed by atoms with Crippen molar-refractivity contribution in [3.05, 3.63) is 35.8 Å². The summed E-state index contributed by atoms with van der Waals surface area (Å²) >= 11 is 2.90. The summed E-state index contributed by atoms with van der Waals surface area (Å²) in [6, 6.07) is 9.72. The number of amides is 1. The van der Waals surface area contributed by atoms with Crippen molar-refractivity contribution in [1.82, 2.24) is 10.2 Å². The Morgan fingerprint density at radius 3 is 2.74 bits per heavy atom. The summed E-state index contributed by atoms with van der Waals surface area (Å²) in [4.78, 5) is 14.3. The minimum atomic E-state index is -0.173. The van der Waals surface area contributed by atoms with Gasteiger partial charge < -0.3 is 4.90 Å². The lowest BCUT2D eigenvalue weighted by molar-refractivity contribution is -0.117. The number of thioether (sulfide) groups is 1. The zero-order chi connectivity index (χ0) is 13.7. The van der Waals surface area contributed by atoms with E-state index in [4.69, 9.17) is 0 Å². The highest BCUT2D eigenvalue weighted by Gasteiger charge is 2.22. The Bertz CT molecular complexity index is 516. The van der Waals surface area contributed by atoms with Crippen LogP contribution in [0.5, 0.6) is 0 Å². The first-order chi connectivity index (χ1) is 9.22. The molecule has 1 atom stereocenters. The summed E-state index contributed by atoms with van der Waals surface area (Å²) < 4.78 is 0.824. The molecule has 0 aliphatic heterocycles. The molecule has 1 amide bonds. The molecule has 0 bridgehead atoms. The first kappa shape index (κ1) is 14.0. The van der Waals surface area contributed by atoms with Crippen molar-refractivity contribution < 1.29 is 4.79 Å². The number of hydrogen-bond donors (Lipinski definition) is 0. The lowest BCUT2D eigenvalue weighted by Crippen LogP contribution is -2.36. The van der Waals surface area contributed by atoms with Crippen LogP contribution in [0.4, 0.5) is 5.69 Å². The van der Waals surface area contributed by atoms with Crippen LogP contribution in [0, 0.1) is 0 Å². The molecule has 0 saturated carbocycles. The lowest BCUT2D eigenvalue weighted by Gasteiger charge is -2.23. The number of anilines is 1. The van der Waals surface area contributed by atoms with Gasteiger partial charge in [0.25, 0.3) is 0 Å². The quantitative estimate of drug-likeness (QED) is 0.795. The highest BCUT2D eigenvalue weighted by molar-refractivity contribution is 8.02. The van der Waals surface area contributed by atoms with Crippen LogP contribution in [-0.2, 0) is 4.79 Å². The number of benzene rings is 1. The van der Waals surface area contributed by atoms with E-state index >= 15 is 0 Å². The van der Waals surface area contributed by atoms with E-state index in [1.165, 1.54) is 23.1 Å². The van der Waals surface area contributed by atoms with Gasteiger partial charge in [0.15, 0.2) is 4.34 Å². The smallest absolute Gasteiger partial charge is 0.240 e. The Morgan fingerprint density at radius 1 is 1.42 bits per heavy atom. The van der Waals surface area contributed by atoms with E-state index in [-0.39, 0.29) is 11.2 Å². The summed E-state index contributed by atoms with van der Waals surface area (Å²) in [6.07, 6.45) is 0. The minimum Gasteiger partial charge on any atom is -0.312 e. The number of carbonyl (C=O) groups excluding carboxylic acids is 1. The van der Waals surface area contributed by atoms with Crippen LogP contribution in [0.25, 0.3) is 0 Å². The average molecular weight is 293 g/mol. The predicted octanol–water partition coefficient (Wildman–Crippen LogP) is 3.07. The molecule has 0 radical (unpaired) electrons. The summed E-state index contributed by atoms with van der Waals surface area (Å²) in [5, 5.41) is 7.56. The van der Waals surface area contributed by atoms with Crippen LogP contribution in [0.15, 0.2) is 40.2 Å². The van der Waals surface area contributed by atoms with E-state index in [0.29, 0.717) is 6.54 Å². The van der Waals surface area contributed by atoms with E-state index in [9.17, 15) is 4.79 Å². The van der Waals surface area contributed by atoms with Gasteiger partial charge in [-0.2, -0.15) is 0 Å². The largest absolute Gasteiger partial charge is 0.312 e. The van der Waals surface area contributed by atoms with E-state index in [1.807, 2.05) is 44.2 Å². The average Bonchev–Trinajstić information content (AvgIpc) is 2.93. The predicted molar refractivity (Wildman–Crippen MR) is 79.7 cm³/mol. The standard InChI is InChI=1S/C13H15N3OS2/c1-3-16(11-7-5-4-6-8-11)12(17)10(2)19-13-15-14-9-18-13/h4-10H,3H2,1-2H3/t10-/m0/s1. The highest BCUT2D eigenvalue weighted by atomic mass is 32.2. The molecule has 0 unspecified atom stereocenters. The van der Waals surface area contributed by atoms with Gasteiger partial charge in [0, 0.05) is 12.2 Å². The van der Waals surface area contributed by atoms with E-state index < -0.39 is 0 Å². The van der Waals surface area contributed by atoms with Crippen molar-refractivity contribution in [2.75, 3.05) is 11.4 Å². The second-order valence-corrected chi connectivity index (χ2v) is 6.30.